The summed E-state index contributed by atoms with van der Waals surface area (Å²) in [4.78, 5) is 1.22. The summed E-state index contributed by atoms with van der Waals surface area (Å²) in [6.45, 7) is 0. The van der Waals surface area contributed by atoms with E-state index in [1.54, 1.807) is 0 Å². The van der Waals surface area contributed by atoms with Gasteiger partial charge < -0.3 is 0 Å². The third-order valence-electron chi connectivity index (χ3n) is 0.910. The molecule has 0 unspecified atom stereocenters. The third kappa shape index (κ3) is 1.25. The molecule has 0 radical (unpaired) electrons. The Labute approximate surface area is 53.0 Å². The van der Waals surface area contributed by atoms with Gasteiger partial charge in [0.1, 0.15) is 11.9 Å². The maximum Gasteiger partial charge on any atom is 0.107 e. The molecule has 1 rings (SSSR count). The standard InChI is InChI=1S/C6H7NS/c7-8-6-4-2-1-3-5-6/h1-5H,7H2/p+1. The third-order valence-corrected chi connectivity index (χ3v) is 1.52. The molecule has 0 saturated carbocycles. The molecule has 0 bridgehead atoms. The van der Waals surface area contributed by atoms with Crippen molar-refractivity contribution in [3.63, 3.8) is 0 Å². The normalized spacial score (nSPS) is 9.12. The molecule has 0 aromatic heterocycles. The fourth-order valence-electron chi connectivity index (χ4n) is 0.517. The first-order valence-electron chi connectivity index (χ1n) is 2.40. The molecule has 0 heterocycles. The Balaban J connectivity index is 2.83. The predicted molar refractivity (Wildman–Crippen MR) is 35.2 cm³/mol. The van der Waals surface area contributed by atoms with Crippen molar-refractivity contribution in [1.82, 2.24) is 0 Å². The molecule has 1 aromatic carbocycles. The molecule has 0 amide bonds. The van der Waals surface area contributed by atoms with E-state index in [1.807, 2.05) is 30.3 Å². The van der Waals surface area contributed by atoms with Gasteiger partial charge in [-0.05, 0) is 12.1 Å². The first-order chi connectivity index (χ1) is 3.93. The minimum atomic E-state index is 1.22. The second-order valence-electron chi connectivity index (χ2n) is 1.46. The molecule has 42 valence electrons. The van der Waals surface area contributed by atoms with Crippen molar-refractivity contribution < 1.29 is 5.14 Å². The van der Waals surface area contributed by atoms with Crippen LogP contribution in [0.2, 0.25) is 0 Å². The Morgan fingerprint density at radius 3 is 2.12 bits per heavy atom. The summed E-state index contributed by atoms with van der Waals surface area (Å²) < 4.78 is 0. The highest BCUT2D eigenvalue weighted by Crippen LogP contribution is 2.06. The van der Waals surface area contributed by atoms with E-state index >= 15 is 0 Å². The molecule has 0 saturated heterocycles. The van der Waals surface area contributed by atoms with E-state index in [0.29, 0.717) is 0 Å². The van der Waals surface area contributed by atoms with Crippen LogP contribution in [0.15, 0.2) is 35.2 Å². The van der Waals surface area contributed by atoms with Crippen LogP contribution in [-0.2, 0) is 0 Å². The molecule has 0 fully saturated rings. The first-order valence-corrected chi connectivity index (χ1v) is 3.39. The molecular formula is C6H8NS+. The lowest BCUT2D eigenvalue weighted by molar-refractivity contribution is -0.137. The summed E-state index contributed by atoms with van der Waals surface area (Å²) in [5.74, 6) is 0. The van der Waals surface area contributed by atoms with Gasteiger partial charge in [0.15, 0.2) is 0 Å². The Kier molecular flexibility index (Phi) is 1.94. The Bertz CT molecular complexity index is 150. The smallest absolute Gasteiger partial charge is 0.107 e. The van der Waals surface area contributed by atoms with Gasteiger partial charge >= 0.3 is 0 Å². The van der Waals surface area contributed by atoms with Crippen molar-refractivity contribution in [2.24, 2.45) is 0 Å². The van der Waals surface area contributed by atoms with Crippen LogP contribution in [0.25, 0.3) is 0 Å². The van der Waals surface area contributed by atoms with Crippen LogP contribution in [0.4, 0.5) is 0 Å². The molecule has 1 nitrogen and oxygen atoms in total. The fraction of sp³-hybridized carbons (Fsp3) is 0. The highest BCUT2D eigenvalue weighted by atomic mass is 32.2. The van der Waals surface area contributed by atoms with E-state index < -0.39 is 0 Å². The molecule has 2 heteroatoms. The summed E-state index contributed by atoms with van der Waals surface area (Å²) in [6, 6.07) is 10.1. The zero-order valence-corrected chi connectivity index (χ0v) is 5.32. The molecule has 0 aliphatic rings. The van der Waals surface area contributed by atoms with Crippen LogP contribution in [0.5, 0.6) is 0 Å². The van der Waals surface area contributed by atoms with Gasteiger partial charge in [-0.3, -0.25) is 5.14 Å². The zero-order valence-electron chi connectivity index (χ0n) is 4.50. The van der Waals surface area contributed by atoms with Crippen molar-refractivity contribution >= 4 is 11.9 Å². The number of benzene rings is 1. The summed E-state index contributed by atoms with van der Waals surface area (Å²) >= 11 is 1.52. The van der Waals surface area contributed by atoms with Crippen LogP contribution < -0.4 is 5.14 Å². The van der Waals surface area contributed by atoms with E-state index in [0.717, 1.165) is 0 Å². The molecule has 0 spiro atoms. The highest BCUT2D eigenvalue weighted by Gasteiger charge is 1.85. The van der Waals surface area contributed by atoms with Crippen LogP contribution in [0, 0.1) is 0 Å². The van der Waals surface area contributed by atoms with Gasteiger partial charge in [-0.15, -0.1) is 0 Å². The largest absolute Gasteiger partial charge is 0.292 e. The topological polar surface area (TPSA) is 27.6 Å². The second-order valence-corrected chi connectivity index (χ2v) is 2.22. The molecular weight excluding hydrogens is 118 g/mol. The van der Waals surface area contributed by atoms with Gasteiger partial charge in [0.25, 0.3) is 0 Å². The van der Waals surface area contributed by atoms with Crippen LogP contribution >= 0.6 is 11.9 Å². The number of hydrogen-bond donors (Lipinski definition) is 1. The van der Waals surface area contributed by atoms with Crippen LogP contribution in [0.3, 0.4) is 0 Å². The van der Waals surface area contributed by atoms with Gasteiger partial charge in [-0.2, -0.15) is 0 Å². The van der Waals surface area contributed by atoms with Crippen molar-refractivity contribution in [1.29, 1.82) is 0 Å². The highest BCUT2D eigenvalue weighted by molar-refractivity contribution is 7.92. The maximum atomic E-state index is 3.67. The average Bonchev–Trinajstić information content (AvgIpc) is 1.90. The van der Waals surface area contributed by atoms with Gasteiger partial charge in [0.2, 0.25) is 0 Å². The van der Waals surface area contributed by atoms with Crippen molar-refractivity contribution in [2.75, 3.05) is 0 Å². The van der Waals surface area contributed by atoms with E-state index in [4.69, 9.17) is 0 Å². The van der Waals surface area contributed by atoms with Gasteiger partial charge in [0, 0.05) is 0 Å². The SMILES string of the molecule is [NH3+]Sc1ccccc1. The van der Waals surface area contributed by atoms with Crippen LogP contribution in [0.1, 0.15) is 0 Å². The van der Waals surface area contributed by atoms with Crippen molar-refractivity contribution in [3.8, 4) is 0 Å². The van der Waals surface area contributed by atoms with E-state index in [2.05, 4.69) is 5.14 Å². The minimum absolute atomic E-state index is 1.22. The minimum Gasteiger partial charge on any atom is -0.292 e. The summed E-state index contributed by atoms with van der Waals surface area (Å²) in [5.41, 5.74) is 0. The van der Waals surface area contributed by atoms with Crippen molar-refractivity contribution in [2.45, 2.75) is 4.90 Å². The molecule has 1 aromatic rings. The van der Waals surface area contributed by atoms with Gasteiger partial charge in [-0.1, -0.05) is 18.2 Å². The maximum absolute atomic E-state index is 3.67. The quantitative estimate of drug-likeness (QED) is 0.557. The van der Waals surface area contributed by atoms with Crippen molar-refractivity contribution in [3.05, 3.63) is 30.3 Å². The van der Waals surface area contributed by atoms with Crippen LogP contribution in [-0.4, -0.2) is 0 Å². The summed E-state index contributed by atoms with van der Waals surface area (Å²) in [7, 11) is 0. The lowest BCUT2D eigenvalue weighted by Gasteiger charge is -1.85. The predicted octanol–water partition coefficient (Wildman–Crippen LogP) is 0.936. The number of quaternary nitrogens is 1. The van der Waals surface area contributed by atoms with E-state index in [1.165, 1.54) is 16.8 Å². The summed E-state index contributed by atoms with van der Waals surface area (Å²) in [5, 5.41) is 3.67. The summed E-state index contributed by atoms with van der Waals surface area (Å²) in [6.07, 6.45) is 0. The Morgan fingerprint density at radius 2 is 1.75 bits per heavy atom. The second kappa shape index (κ2) is 2.74. The van der Waals surface area contributed by atoms with Gasteiger partial charge in [-0.25, -0.2) is 0 Å². The number of rotatable bonds is 1. The lowest BCUT2D eigenvalue weighted by Crippen LogP contribution is -2.35. The number of hydrogen-bond acceptors (Lipinski definition) is 1. The molecule has 3 N–H and O–H groups in total. The molecule has 0 aliphatic heterocycles. The molecule has 0 aliphatic carbocycles. The average molecular weight is 126 g/mol. The molecule has 0 atom stereocenters. The Morgan fingerprint density at radius 1 is 1.12 bits per heavy atom. The fourth-order valence-corrected chi connectivity index (χ4v) is 0.866. The van der Waals surface area contributed by atoms with Gasteiger partial charge in [0.05, 0.1) is 4.90 Å². The van der Waals surface area contributed by atoms with E-state index in [9.17, 15) is 0 Å². The lowest BCUT2D eigenvalue weighted by atomic mass is 10.4. The zero-order chi connectivity index (χ0) is 5.82. The molecule has 8 heavy (non-hydrogen) atoms. The first kappa shape index (κ1) is 5.66. The Hall–Kier alpha value is -0.470. The monoisotopic (exact) mass is 126 g/mol. The van der Waals surface area contributed by atoms with E-state index in [-0.39, 0.29) is 0 Å².